The van der Waals surface area contributed by atoms with Crippen LogP contribution in [-0.4, -0.2) is 23.8 Å². The van der Waals surface area contributed by atoms with Gasteiger partial charge in [-0.1, -0.05) is 33.1 Å². The average molecular weight is 274 g/mol. The molecular formula is C14H26O5. The molecule has 0 aliphatic carbocycles. The van der Waals surface area contributed by atoms with Gasteiger partial charge in [0.05, 0.1) is 12.5 Å². The zero-order chi connectivity index (χ0) is 14.5. The van der Waals surface area contributed by atoms with E-state index in [9.17, 15) is 9.59 Å². The van der Waals surface area contributed by atoms with Crippen molar-refractivity contribution in [1.82, 2.24) is 0 Å². The van der Waals surface area contributed by atoms with Gasteiger partial charge in [0.25, 0.3) is 0 Å². The van der Waals surface area contributed by atoms with Gasteiger partial charge < -0.3 is 9.62 Å². The topological polar surface area (TPSA) is 72.8 Å². The molecule has 5 nitrogen and oxygen atoms in total. The third-order valence-electron chi connectivity index (χ3n) is 3.02. The molecule has 0 aromatic rings. The average Bonchev–Trinajstić information content (AvgIpc) is 2.42. The molecular weight excluding hydrogens is 248 g/mol. The van der Waals surface area contributed by atoms with Gasteiger partial charge in [-0.3, -0.25) is 4.79 Å². The molecule has 0 aliphatic rings. The standard InChI is InChI=1S/C14H26O5/c1-3-5-8-12(14(16)19-17)9-7-10-13(15)18-11-6-4-2/h12,17H,3-11H2,1-2H3. The monoisotopic (exact) mass is 274 g/mol. The largest absolute Gasteiger partial charge is 0.466 e. The number of ether oxygens (including phenoxy) is 1. The van der Waals surface area contributed by atoms with Gasteiger partial charge in [0.1, 0.15) is 0 Å². The Morgan fingerprint density at radius 2 is 1.68 bits per heavy atom. The zero-order valence-corrected chi connectivity index (χ0v) is 12.0. The number of esters is 1. The molecule has 5 heteroatoms. The van der Waals surface area contributed by atoms with E-state index in [0.717, 1.165) is 25.7 Å². The van der Waals surface area contributed by atoms with E-state index in [0.29, 0.717) is 32.3 Å². The second kappa shape index (κ2) is 12.0. The van der Waals surface area contributed by atoms with Crippen molar-refractivity contribution >= 4 is 11.9 Å². The number of carbonyl (C=O) groups is 2. The molecule has 0 amide bonds. The SMILES string of the molecule is CCCCOC(=O)CCCC(CCCC)C(=O)OO. The fourth-order valence-electron chi connectivity index (χ4n) is 1.80. The third-order valence-corrected chi connectivity index (χ3v) is 3.02. The second-order valence-corrected chi connectivity index (χ2v) is 4.72. The first-order valence-corrected chi connectivity index (χ1v) is 7.16. The molecule has 0 fully saturated rings. The summed E-state index contributed by atoms with van der Waals surface area (Å²) in [5.41, 5.74) is 0. The van der Waals surface area contributed by atoms with E-state index < -0.39 is 5.97 Å². The number of unbranched alkanes of at least 4 members (excludes halogenated alkanes) is 2. The summed E-state index contributed by atoms with van der Waals surface area (Å²) in [4.78, 5) is 26.5. The molecule has 0 aromatic heterocycles. The second-order valence-electron chi connectivity index (χ2n) is 4.72. The minimum Gasteiger partial charge on any atom is -0.466 e. The van der Waals surface area contributed by atoms with Crippen LogP contribution in [0.2, 0.25) is 0 Å². The quantitative estimate of drug-likeness (QED) is 0.271. The maximum absolute atomic E-state index is 11.4. The number of hydrogen-bond donors (Lipinski definition) is 1. The summed E-state index contributed by atoms with van der Waals surface area (Å²) in [6.07, 6.45) is 5.87. The molecule has 0 saturated heterocycles. The molecule has 0 radical (unpaired) electrons. The van der Waals surface area contributed by atoms with Crippen LogP contribution in [0.1, 0.15) is 65.2 Å². The molecule has 0 spiro atoms. The smallest absolute Gasteiger partial charge is 0.345 e. The van der Waals surface area contributed by atoms with Crippen LogP contribution in [0.25, 0.3) is 0 Å². The van der Waals surface area contributed by atoms with Gasteiger partial charge in [-0.25, -0.2) is 4.79 Å². The summed E-state index contributed by atoms with van der Waals surface area (Å²) in [7, 11) is 0. The summed E-state index contributed by atoms with van der Waals surface area (Å²) in [6.45, 7) is 4.53. The molecule has 1 atom stereocenters. The first-order chi connectivity index (χ1) is 9.15. The molecule has 1 unspecified atom stereocenters. The van der Waals surface area contributed by atoms with Gasteiger partial charge in [-0.05, 0) is 25.7 Å². The van der Waals surface area contributed by atoms with Crippen LogP contribution in [0.15, 0.2) is 0 Å². The summed E-state index contributed by atoms with van der Waals surface area (Å²) in [6, 6.07) is 0. The zero-order valence-electron chi connectivity index (χ0n) is 12.0. The van der Waals surface area contributed by atoms with Crippen molar-refractivity contribution in [3.05, 3.63) is 0 Å². The molecule has 0 heterocycles. The lowest BCUT2D eigenvalue weighted by molar-refractivity contribution is -0.239. The molecule has 112 valence electrons. The Hall–Kier alpha value is -1.10. The molecule has 0 aliphatic heterocycles. The van der Waals surface area contributed by atoms with E-state index in [2.05, 4.69) is 4.89 Å². The van der Waals surface area contributed by atoms with Crippen LogP contribution < -0.4 is 0 Å². The number of carbonyl (C=O) groups excluding carboxylic acids is 2. The highest BCUT2D eigenvalue weighted by molar-refractivity contribution is 5.72. The highest BCUT2D eigenvalue weighted by Crippen LogP contribution is 2.17. The first-order valence-electron chi connectivity index (χ1n) is 7.16. The summed E-state index contributed by atoms with van der Waals surface area (Å²) in [5, 5.41) is 8.42. The Morgan fingerprint density at radius 3 is 2.26 bits per heavy atom. The van der Waals surface area contributed by atoms with E-state index >= 15 is 0 Å². The fraction of sp³-hybridized carbons (Fsp3) is 0.857. The highest BCUT2D eigenvalue weighted by atomic mass is 17.1. The minimum atomic E-state index is -0.604. The number of hydrogen-bond acceptors (Lipinski definition) is 5. The van der Waals surface area contributed by atoms with Crippen LogP contribution in [-0.2, 0) is 19.2 Å². The highest BCUT2D eigenvalue weighted by Gasteiger charge is 2.20. The molecule has 0 aromatic carbocycles. The molecule has 0 bridgehead atoms. The predicted octanol–water partition coefficient (Wildman–Crippen LogP) is 3.32. The van der Waals surface area contributed by atoms with Crippen molar-refractivity contribution in [2.24, 2.45) is 5.92 Å². The van der Waals surface area contributed by atoms with Crippen molar-refractivity contribution in [3.8, 4) is 0 Å². The Kier molecular flexibility index (Phi) is 11.3. The molecule has 19 heavy (non-hydrogen) atoms. The summed E-state index contributed by atoms with van der Waals surface area (Å²) < 4.78 is 5.03. The Morgan fingerprint density at radius 1 is 1.05 bits per heavy atom. The molecule has 0 saturated carbocycles. The Bertz CT molecular complexity index is 252. The van der Waals surface area contributed by atoms with E-state index in [1.807, 2.05) is 13.8 Å². The van der Waals surface area contributed by atoms with Crippen LogP contribution in [0, 0.1) is 5.92 Å². The Labute approximate surface area is 115 Å². The van der Waals surface area contributed by atoms with Gasteiger partial charge in [0.15, 0.2) is 0 Å². The maximum atomic E-state index is 11.4. The lowest BCUT2D eigenvalue weighted by Crippen LogP contribution is -2.17. The Balaban J connectivity index is 3.84. The minimum absolute atomic E-state index is 0.222. The lowest BCUT2D eigenvalue weighted by atomic mass is 9.96. The number of rotatable bonds is 11. The van der Waals surface area contributed by atoms with Gasteiger partial charge in [0, 0.05) is 6.42 Å². The van der Waals surface area contributed by atoms with E-state index in [-0.39, 0.29) is 11.9 Å². The molecule has 0 rings (SSSR count). The van der Waals surface area contributed by atoms with Crippen LogP contribution in [0.5, 0.6) is 0 Å². The van der Waals surface area contributed by atoms with Gasteiger partial charge >= 0.3 is 11.9 Å². The van der Waals surface area contributed by atoms with Crippen LogP contribution in [0.3, 0.4) is 0 Å². The van der Waals surface area contributed by atoms with Gasteiger partial charge in [-0.15, -0.1) is 0 Å². The van der Waals surface area contributed by atoms with Gasteiger partial charge in [-0.2, -0.15) is 5.26 Å². The fourth-order valence-corrected chi connectivity index (χ4v) is 1.80. The van der Waals surface area contributed by atoms with Gasteiger partial charge in [0.2, 0.25) is 0 Å². The van der Waals surface area contributed by atoms with Crippen molar-refractivity contribution in [1.29, 1.82) is 0 Å². The van der Waals surface area contributed by atoms with Crippen molar-refractivity contribution in [3.63, 3.8) is 0 Å². The first kappa shape index (κ1) is 17.9. The van der Waals surface area contributed by atoms with E-state index in [4.69, 9.17) is 9.99 Å². The predicted molar refractivity (Wildman–Crippen MR) is 71.5 cm³/mol. The van der Waals surface area contributed by atoms with Crippen LogP contribution >= 0.6 is 0 Å². The van der Waals surface area contributed by atoms with Crippen LogP contribution in [0.4, 0.5) is 0 Å². The summed E-state index contributed by atoms with van der Waals surface area (Å²) in [5.74, 6) is -1.15. The van der Waals surface area contributed by atoms with E-state index in [1.54, 1.807) is 0 Å². The van der Waals surface area contributed by atoms with Crippen molar-refractivity contribution in [2.75, 3.05) is 6.61 Å². The maximum Gasteiger partial charge on any atom is 0.345 e. The normalized spacial score (nSPS) is 11.9. The van der Waals surface area contributed by atoms with Crippen molar-refractivity contribution < 1.29 is 24.5 Å². The van der Waals surface area contributed by atoms with Crippen molar-refractivity contribution in [2.45, 2.75) is 65.2 Å². The van der Waals surface area contributed by atoms with E-state index in [1.165, 1.54) is 0 Å². The summed E-state index contributed by atoms with van der Waals surface area (Å²) >= 11 is 0. The molecule has 1 N–H and O–H groups in total. The third kappa shape index (κ3) is 9.47. The lowest BCUT2D eigenvalue weighted by Gasteiger charge is -2.12.